The molecule has 1 aromatic rings. The topological polar surface area (TPSA) is 327 Å². The molecule has 3 amide bonds. The molecule has 15 atom stereocenters. The highest BCUT2D eigenvalue weighted by molar-refractivity contribution is 5.75. The van der Waals surface area contributed by atoms with E-state index >= 15 is 0 Å². The van der Waals surface area contributed by atoms with Gasteiger partial charge in [0.2, 0.25) is 17.7 Å². The molecule has 0 radical (unpaired) electrons. The van der Waals surface area contributed by atoms with Gasteiger partial charge in [-0.1, -0.05) is 30.3 Å². The van der Waals surface area contributed by atoms with E-state index in [0.29, 0.717) is 5.56 Å². The molecule has 0 aliphatic carbocycles. The van der Waals surface area contributed by atoms with E-state index in [1.54, 1.807) is 30.3 Å². The molecule has 26 heteroatoms. The summed E-state index contributed by atoms with van der Waals surface area (Å²) in [6.07, 6.45) is -18.9. The molecule has 1 aromatic carbocycles. The monoisotopic (exact) mass is 1010 g/mol. The molecule has 4 rings (SSSR count). The molecule has 3 aliphatic heterocycles. The Balaban J connectivity index is 1.90. The summed E-state index contributed by atoms with van der Waals surface area (Å²) in [6.45, 7) is 8.82. The summed E-state index contributed by atoms with van der Waals surface area (Å²) in [7, 11) is 0. The van der Waals surface area contributed by atoms with Crippen LogP contribution in [-0.4, -0.2) is 171 Å². The van der Waals surface area contributed by atoms with Crippen LogP contribution in [-0.2, 0) is 116 Å². The van der Waals surface area contributed by atoms with E-state index < -0.39 is 171 Å². The minimum atomic E-state index is -1.81. The van der Waals surface area contributed by atoms with Gasteiger partial charge < -0.3 is 77.5 Å². The predicted octanol–water partition coefficient (Wildman–Crippen LogP) is -0.921. The van der Waals surface area contributed by atoms with E-state index in [9.17, 15) is 47.9 Å². The maximum Gasteiger partial charge on any atom is 0.303 e. The molecule has 0 spiro atoms. The summed E-state index contributed by atoms with van der Waals surface area (Å²) < 4.78 is 76.8. The van der Waals surface area contributed by atoms with Crippen molar-refractivity contribution in [1.82, 2.24) is 16.0 Å². The minimum absolute atomic E-state index is 0.159. The summed E-state index contributed by atoms with van der Waals surface area (Å²) in [6, 6.07) is 4.24. The Morgan fingerprint density at radius 2 is 0.746 bits per heavy atom. The van der Waals surface area contributed by atoms with Crippen molar-refractivity contribution in [2.75, 3.05) is 19.8 Å². The Kier molecular flexibility index (Phi) is 21.6. The lowest BCUT2D eigenvalue weighted by Crippen LogP contribution is -2.71. The number of esters is 7. The van der Waals surface area contributed by atoms with Crippen molar-refractivity contribution in [3.05, 3.63) is 35.9 Å². The first kappa shape index (κ1) is 57.3. The molecular formula is C45H61N3O23. The highest BCUT2D eigenvalue weighted by atomic mass is 16.8. The van der Waals surface area contributed by atoms with Crippen molar-refractivity contribution in [2.45, 2.75) is 168 Å². The third-order valence-electron chi connectivity index (χ3n) is 10.4. The molecule has 71 heavy (non-hydrogen) atoms. The van der Waals surface area contributed by atoms with E-state index in [-0.39, 0.29) is 6.61 Å². The first-order valence-corrected chi connectivity index (χ1v) is 22.3. The van der Waals surface area contributed by atoms with Crippen molar-refractivity contribution < 1.29 is 110 Å². The van der Waals surface area contributed by atoms with Crippen LogP contribution in [0.3, 0.4) is 0 Å². The fourth-order valence-electron chi connectivity index (χ4n) is 8.00. The Hall–Kier alpha value is -6.32. The fourth-order valence-corrected chi connectivity index (χ4v) is 8.00. The Labute approximate surface area is 407 Å². The smallest absolute Gasteiger partial charge is 0.303 e. The zero-order valence-corrected chi connectivity index (χ0v) is 40.8. The molecule has 0 saturated carbocycles. The van der Waals surface area contributed by atoms with Gasteiger partial charge in [-0.05, 0) is 5.56 Å². The van der Waals surface area contributed by atoms with Gasteiger partial charge in [0, 0.05) is 69.2 Å². The van der Waals surface area contributed by atoms with Crippen molar-refractivity contribution in [3.8, 4) is 0 Å². The maximum absolute atomic E-state index is 13.1. The molecule has 0 aromatic heterocycles. The lowest BCUT2D eigenvalue weighted by Gasteiger charge is -2.50. The zero-order valence-electron chi connectivity index (χ0n) is 40.8. The summed E-state index contributed by atoms with van der Waals surface area (Å²) in [5.41, 5.74) is 0.631. The normalized spacial score (nSPS) is 30.2. The SMILES string of the molecule is CC(=O)N[C@H]1[C@H](OC[C@H]2O[C@H](OCc3ccccc3)[C@H](NC(C)=O)[C@@H](O[C@@H]3O[C@H](COC(C)=O)[C@@H](OC(C)=O)[C@H](OC(C)=O)[C@H]3NC(C)=O)[C@@H]2OC(C)=O)O[C@H](COC(C)=O)[C@@H](OC(C)=O)[C@@H]1OC(C)=O. The van der Waals surface area contributed by atoms with E-state index in [2.05, 4.69) is 16.0 Å². The number of ether oxygens (including phenoxy) is 13. The number of benzene rings is 1. The second kappa shape index (κ2) is 26.8. The Morgan fingerprint density at radius 3 is 1.14 bits per heavy atom. The molecule has 0 unspecified atom stereocenters. The average molecular weight is 1010 g/mol. The number of amides is 3. The Bertz CT molecular complexity index is 2070. The second-order valence-electron chi connectivity index (χ2n) is 16.5. The Morgan fingerprint density at radius 1 is 0.408 bits per heavy atom. The van der Waals surface area contributed by atoms with Crippen molar-refractivity contribution in [1.29, 1.82) is 0 Å². The molecule has 394 valence electrons. The van der Waals surface area contributed by atoms with Crippen LogP contribution in [0.25, 0.3) is 0 Å². The molecule has 26 nitrogen and oxygen atoms in total. The van der Waals surface area contributed by atoms with Gasteiger partial charge in [-0.3, -0.25) is 47.9 Å². The minimum Gasteiger partial charge on any atom is -0.463 e. The highest BCUT2D eigenvalue weighted by Crippen LogP contribution is 2.35. The van der Waals surface area contributed by atoms with Crippen LogP contribution in [0.1, 0.15) is 74.8 Å². The standard InChI is InChI=1S/C45H61N3O23/c1-20(49)46-34-40(66-28(9)57)37(63-25(6)54)31(17-59-23(4)52)68-44(34)62-19-33-39(65-27(8)56)42(35(47-21(2)50)43(69-33)61-16-30-14-12-11-13-15-30)71-45-36(48-22(3)51)41(67-29(10)58)38(64-26(7)55)32(70-45)18-60-24(5)53/h11-15,31-45H,16-19H2,1-10H3,(H,46,49)(H,47,50)(H,48,51)/t31-,32-,33-,34-,35-,36-,37-,38-,39-,40-,41-,42-,43+,44-,45+/m1/s1. The molecule has 3 fully saturated rings. The van der Waals surface area contributed by atoms with E-state index in [4.69, 9.17) is 61.6 Å². The third-order valence-corrected chi connectivity index (χ3v) is 10.4. The number of carbonyl (C=O) groups excluding carboxylic acids is 10. The zero-order chi connectivity index (χ0) is 52.7. The first-order chi connectivity index (χ1) is 33.4. The fraction of sp³-hybridized carbons (Fsp3) is 0.644. The highest BCUT2D eigenvalue weighted by Gasteiger charge is 2.57. The quantitative estimate of drug-likeness (QED) is 0.105. The summed E-state index contributed by atoms with van der Waals surface area (Å²) in [5, 5.41) is 7.88. The summed E-state index contributed by atoms with van der Waals surface area (Å²) in [5.74, 6) is -8.08. The summed E-state index contributed by atoms with van der Waals surface area (Å²) >= 11 is 0. The number of nitrogens with one attached hydrogen (secondary N) is 3. The van der Waals surface area contributed by atoms with Crippen molar-refractivity contribution in [2.24, 2.45) is 0 Å². The van der Waals surface area contributed by atoms with Crippen LogP contribution in [0.4, 0.5) is 0 Å². The van der Waals surface area contributed by atoms with Crippen LogP contribution in [0.2, 0.25) is 0 Å². The lowest BCUT2D eigenvalue weighted by atomic mass is 9.93. The maximum atomic E-state index is 13.1. The molecule has 3 N–H and O–H groups in total. The largest absolute Gasteiger partial charge is 0.463 e. The molecule has 3 saturated heterocycles. The van der Waals surface area contributed by atoms with E-state index in [1.807, 2.05) is 0 Å². The van der Waals surface area contributed by atoms with Crippen LogP contribution in [0.5, 0.6) is 0 Å². The van der Waals surface area contributed by atoms with E-state index in [1.165, 1.54) is 0 Å². The van der Waals surface area contributed by atoms with Crippen LogP contribution in [0, 0.1) is 0 Å². The van der Waals surface area contributed by atoms with Gasteiger partial charge in [0.1, 0.15) is 55.8 Å². The molecule has 0 bridgehead atoms. The third kappa shape index (κ3) is 17.5. The number of rotatable bonds is 20. The van der Waals surface area contributed by atoms with Crippen LogP contribution in [0.15, 0.2) is 30.3 Å². The number of carbonyl (C=O) groups is 10. The first-order valence-electron chi connectivity index (χ1n) is 22.3. The van der Waals surface area contributed by atoms with Gasteiger partial charge in [-0.2, -0.15) is 0 Å². The second-order valence-corrected chi connectivity index (χ2v) is 16.5. The van der Waals surface area contributed by atoms with Crippen molar-refractivity contribution >= 4 is 59.5 Å². The molecule has 3 aliphatic rings. The van der Waals surface area contributed by atoms with Gasteiger partial charge in [-0.15, -0.1) is 0 Å². The van der Waals surface area contributed by atoms with Crippen LogP contribution < -0.4 is 16.0 Å². The predicted molar refractivity (Wildman–Crippen MR) is 232 cm³/mol. The van der Waals surface area contributed by atoms with Crippen LogP contribution >= 0.6 is 0 Å². The number of hydrogen-bond acceptors (Lipinski definition) is 23. The molecule has 3 heterocycles. The van der Waals surface area contributed by atoms with Crippen molar-refractivity contribution in [3.63, 3.8) is 0 Å². The summed E-state index contributed by atoms with van der Waals surface area (Å²) in [4.78, 5) is 126. The number of hydrogen-bond donors (Lipinski definition) is 3. The average Bonchev–Trinajstić information content (AvgIpc) is 3.25. The molecular weight excluding hydrogens is 950 g/mol. The van der Waals surface area contributed by atoms with Gasteiger partial charge in [-0.25, -0.2) is 0 Å². The lowest BCUT2D eigenvalue weighted by molar-refractivity contribution is -0.338. The van der Waals surface area contributed by atoms with Gasteiger partial charge in [0.25, 0.3) is 0 Å². The van der Waals surface area contributed by atoms with E-state index in [0.717, 1.165) is 69.2 Å². The van der Waals surface area contributed by atoms with Gasteiger partial charge >= 0.3 is 41.8 Å². The van der Waals surface area contributed by atoms with Gasteiger partial charge in [0.05, 0.1) is 13.2 Å². The van der Waals surface area contributed by atoms with Gasteiger partial charge in [0.15, 0.2) is 49.4 Å².